The first kappa shape index (κ1) is 28.5. The van der Waals surface area contributed by atoms with Crippen molar-refractivity contribution in [2.45, 2.75) is 46.0 Å². The minimum Gasteiger partial charge on any atom is -0.379 e. The van der Waals surface area contributed by atoms with Gasteiger partial charge in [0.05, 0.1) is 18.8 Å². The zero-order chi connectivity index (χ0) is 26.9. The van der Waals surface area contributed by atoms with E-state index >= 15 is 0 Å². The highest BCUT2D eigenvalue weighted by molar-refractivity contribution is 6.04. The largest absolute Gasteiger partial charge is 0.379 e. The molecule has 1 aliphatic heterocycles. The van der Waals surface area contributed by atoms with Crippen molar-refractivity contribution in [3.05, 3.63) is 53.1 Å². The third-order valence-electron chi connectivity index (χ3n) is 6.63. The van der Waals surface area contributed by atoms with E-state index in [2.05, 4.69) is 60.7 Å². The SMILES string of the molecule is CC(C)c1cccc(C(C)C)c1NC(=O)Nc1ccc(N(C)C)c(C(=O)NCCCN2CCOCC2)c1. The van der Waals surface area contributed by atoms with E-state index in [0.717, 1.165) is 61.8 Å². The standard InChI is InChI=1S/C29H43N5O3/c1-20(2)23-9-7-10-24(21(3)4)27(23)32-29(36)31-22-11-12-26(33(5)6)25(19-22)28(35)30-13-8-14-34-15-17-37-18-16-34/h7,9-12,19-21H,8,13-18H2,1-6H3,(H,30,35)(H2,31,32,36). The van der Waals surface area contributed by atoms with Gasteiger partial charge in [0.2, 0.25) is 0 Å². The van der Waals surface area contributed by atoms with E-state index in [-0.39, 0.29) is 23.8 Å². The summed E-state index contributed by atoms with van der Waals surface area (Å²) in [7, 11) is 3.81. The van der Waals surface area contributed by atoms with Crippen molar-refractivity contribution in [2.24, 2.45) is 0 Å². The normalized spacial score (nSPS) is 14.1. The van der Waals surface area contributed by atoms with E-state index in [1.807, 2.05) is 37.2 Å². The molecule has 3 amide bonds. The molecule has 1 saturated heterocycles. The van der Waals surface area contributed by atoms with E-state index in [0.29, 0.717) is 17.8 Å². The van der Waals surface area contributed by atoms with Gasteiger partial charge >= 0.3 is 6.03 Å². The van der Waals surface area contributed by atoms with Crippen LogP contribution in [0.4, 0.5) is 21.9 Å². The fourth-order valence-electron chi connectivity index (χ4n) is 4.58. The number of urea groups is 1. The summed E-state index contributed by atoms with van der Waals surface area (Å²) in [4.78, 5) is 30.4. The Kier molecular flexibility index (Phi) is 10.3. The molecule has 37 heavy (non-hydrogen) atoms. The molecule has 0 spiro atoms. The lowest BCUT2D eigenvalue weighted by atomic mass is 9.93. The second kappa shape index (κ2) is 13.4. The Morgan fingerprint density at radius 3 is 2.22 bits per heavy atom. The number of nitrogens with one attached hydrogen (secondary N) is 3. The Balaban J connectivity index is 1.69. The monoisotopic (exact) mass is 509 g/mol. The molecular formula is C29H43N5O3. The number of hydrogen-bond donors (Lipinski definition) is 3. The molecule has 0 radical (unpaired) electrons. The number of ether oxygens (including phenoxy) is 1. The van der Waals surface area contributed by atoms with Crippen LogP contribution in [0, 0.1) is 0 Å². The Labute approximate surface area is 221 Å². The van der Waals surface area contributed by atoms with Crippen molar-refractivity contribution in [1.29, 1.82) is 0 Å². The van der Waals surface area contributed by atoms with Gasteiger partial charge in [-0.15, -0.1) is 0 Å². The molecule has 1 aliphatic rings. The number of hydrogen-bond acceptors (Lipinski definition) is 5. The summed E-state index contributed by atoms with van der Waals surface area (Å²) < 4.78 is 5.39. The van der Waals surface area contributed by atoms with Crippen LogP contribution in [-0.4, -0.2) is 70.3 Å². The molecular weight excluding hydrogens is 466 g/mol. The molecule has 0 aliphatic carbocycles. The molecule has 1 fully saturated rings. The van der Waals surface area contributed by atoms with Crippen molar-refractivity contribution < 1.29 is 14.3 Å². The van der Waals surface area contributed by atoms with Crippen LogP contribution in [0.15, 0.2) is 36.4 Å². The number of anilines is 3. The summed E-state index contributed by atoms with van der Waals surface area (Å²) >= 11 is 0. The van der Waals surface area contributed by atoms with Crippen LogP contribution in [0.5, 0.6) is 0 Å². The topological polar surface area (TPSA) is 85.9 Å². The predicted molar refractivity (Wildman–Crippen MR) is 152 cm³/mol. The van der Waals surface area contributed by atoms with Crippen LogP contribution >= 0.6 is 0 Å². The van der Waals surface area contributed by atoms with Gasteiger partial charge in [-0.2, -0.15) is 0 Å². The molecule has 8 heteroatoms. The highest BCUT2D eigenvalue weighted by Crippen LogP contribution is 2.32. The van der Waals surface area contributed by atoms with E-state index in [1.165, 1.54) is 0 Å². The first-order chi connectivity index (χ1) is 17.7. The molecule has 3 rings (SSSR count). The molecule has 0 bridgehead atoms. The molecule has 202 valence electrons. The summed E-state index contributed by atoms with van der Waals surface area (Å²) in [6.45, 7) is 13.4. The van der Waals surface area contributed by atoms with Crippen molar-refractivity contribution in [1.82, 2.24) is 10.2 Å². The van der Waals surface area contributed by atoms with Gasteiger partial charge in [-0.1, -0.05) is 45.9 Å². The van der Waals surface area contributed by atoms with E-state index in [1.54, 1.807) is 6.07 Å². The van der Waals surface area contributed by atoms with Crippen LogP contribution in [0.2, 0.25) is 0 Å². The molecule has 0 atom stereocenters. The van der Waals surface area contributed by atoms with Crippen LogP contribution in [0.3, 0.4) is 0 Å². The molecule has 2 aromatic rings. The molecule has 2 aromatic carbocycles. The Morgan fingerprint density at radius 2 is 1.62 bits per heavy atom. The third kappa shape index (κ3) is 7.94. The first-order valence-corrected chi connectivity index (χ1v) is 13.3. The molecule has 0 aromatic heterocycles. The zero-order valence-electron chi connectivity index (χ0n) is 23.2. The molecule has 8 nitrogen and oxygen atoms in total. The number of rotatable bonds is 10. The first-order valence-electron chi connectivity index (χ1n) is 13.3. The fraction of sp³-hybridized carbons (Fsp3) is 0.517. The number of para-hydroxylation sites is 1. The molecule has 0 unspecified atom stereocenters. The second-order valence-electron chi connectivity index (χ2n) is 10.4. The maximum absolute atomic E-state index is 13.1. The number of nitrogens with zero attached hydrogens (tertiary/aromatic N) is 2. The Hall–Kier alpha value is -3.10. The van der Waals surface area contributed by atoms with E-state index in [9.17, 15) is 9.59 Å². The van der Waals surface area contributed by atoms with Gasteiger partial charge in [0.1, 0.15) is 0 Å². The summed E-state index contributed by atoms with van der Waals surface area (Å²) in [6, 6.07) is 11.2. The van der Waals surface area contributed by atoms with Gasteiger partial charge in [-0.25, -0.2) is 4.79 Å². The lowest BCUT2D eigenvalue weighted by molar-refractivity contribution is 0.0374. The summed E-state index contributed by atoms with van der Waals surface area (Å²) in [5.41, 5.74) is 4.94. The lowest BCUT2D eigenvalue weighted by Crippen LogP contribution is -2.38. The lowest BCUT2D eigenvalue weighted by Gasteiger charge is -2.26. The molecule has 1 heterocycles. The second-order valence-corrected chi connectivity index (χ2v) is 10.4. The molecule has 3 N–H and O–H groups in total. The van der Waals surface area contributed by atoms with Gasteiger partial charge in [-0.05, 0) is 54.1 Å². The zero-order valence-corrected chi connectivity index (χ0v) is 23.2. The maximum atomic E-state index is 13.1. The predicted octanol–water partition coefficient (Wildman–Crippen LogP) is 5.10. The van der Waals surface area contributed by atoms with Crippen LogP contribution < -0.4 is 20.9 Å². The highest BCUT2D eigenvalue weighted by Gasteiger charge is 2.18. The van der Waals surface area contributed by atoms with Gasteiger partial charge in [0, 0.05) is 50.8 Å². The maximum Gasteiger partial charge on any atom is 0.323 e. The van der Waals surface area contributed by atoms with Gasteiger partial charge in [0.25, 0.3) is 5.91 Å². The minimum absolute atomic E-state index is 0.151. The molecule has 0 saturated carbocycles. The van der Waals surface area contributed by atoms with Crippen molar-refractivity contribution in [3.63, 3.8) is 0 Å². The summed E-state index contributed by atoms with van der Waals surface area (Å²) in [5.74, 6) is 0.390. The fourth-order valence-corrected chi connectivity index (χ4v) is 4.58. The van der Waals surface area contributed by atoms with Gasteiger partial charge in [0.15, 0.2) is 0 Å². The van der Waals surface area contributed by atoms with Crippen LogP contribution in [0.1, 0.15) is 67.4 Å². The van der Waals surface area contributed by atoms with Crippen LogP contribution in [0.25, 0.3) is 0 Å². The van der Waals surface area contributed by atoms with E-state index < -0.39 is 0 Å². The number of benzene rings is 2. The average Bonchev–Trinajstić information content (AvgIpc) is 2.86. The summed E-state index contributed by atoms with van der Waals surface area (Å²) in [5, 5.41) is 9.04. The van der Waals surface area contributed by atoms with E-state index in [4.69, 9.17) is 4.74 Å². The Bertz CT molecular complexity index is 1040. The van der Waals surface area contributed by atoms with Crippen molar-refractivity contribution >= 4 is 29.0 Å². The van der Waals surface area contributed by atoms with Crippen LogP contribution in [-0.2, 0) is 4.74 Å². The Morgan fingerprint density at radius 1 is 0.973 bits per heavy atom. The van der Waals surface area contributed by atoms with Gasteiger partial charge in [-0.3, -0.25) is 9.69 Å². The number of carbonyl (C=O) groups excluding carboxylic acids is 2. The third-order valence-corrected chi connectivity index (χ3v) is 6.63. The van der Waals surface area contributed by atoms with Gasteiger partial charge < -0.3 is 25.6 Å². The van der Waals surface area contributed by atoms with Crippen molar-refractivity contribution in [3.8, 4) is 0 Å². The minimum atomic E-state index is -0.329. The highest BCUT2D eigenvalue weighted by atomic mass is 16.5. The quantitative estimate of drug-likeness (QED) is 0.388. The number of carbonyl (C=O) groups is 2. The van der Waals surface area contributed by atoms with Crippen molar-refractivity contribution in [2.75, 3.05) is 69.0 Å². The number of amides is 3. The number of morpholine rings is 1. The smallest absolute Gasteiger partial charge is 0.323 e. The summed E-state index contributed by atoms with van der Waals surface area (Å²) in [6.07, 6.45) is 0.872. The average molecular weight is 510 g/mol.